The van der Waals surface area contributed by atoms with Gasteiger partial charge in [-0.1, -0.05) is 68.7 Å². The molecule has 0 fully saturated rings. The van der Waals surface area contributed by atoms with Gasteiger partial charge < -0.3 is 28.5 Å². The molecule has 0 saturated carbocycles. The molecule has 0 atom stereocenters. The summed E-state index contributed by atoms with van der Waals surface area (Å²) in [4.78, 5) is 69.1. The highest BCUT2D eigenvalue weighted by Crippen LogP contribution is 1.85. The molecule has 0 heterocycles. The fourth-order valence-corrected chi connectivity index (χ4v) is 1.34. The fraction of sp³-hybridized carbons (Fsp3) is 0.800. The summed E-state index contributed by atoms with van der Waals surface area (Å²) in [5, 5.41) is 2.03. The molecule has 0 unspecified atom stereocenters. The van der Waals surface area contributed by atoms with Gasteiger partial charge in [-0.05, 0) is 6.92 Å². The third-order valence-electron chi connectivity index (χ3n) is 4.18. The van der Waals surface area contributed by atoms with Crippen LogP contribution in [0, 0.1) is 0 Å². The minimum absolute atomic E-state index is 0.157. The first-order chi connectivity index (χ1) is 24.6. The van der Waals surface area contributed by atoms with Gasteiger partial charge in [-0.15, -0.1) is 0 Å². The van der Waals surface area contributed by atoms with E-state index in [1.165, 1.54) is 61.9 Å². The van der Waals surface area contributed by atoms with Crippen molar-refractivity contribution >= 4 is 61.1 Å². The normalized spacial score (nSPS) is 8.37. The topological polar surface area (TPSA) is 246 Å². The molecule has 0 aliphatic heterocycles. The lowest BCUT2D eigenvalue weighted by Crippen LogP contribution is -2.24. The summed E-state index contributed by atoms with van der Waals surface area (Å²) in [5.74, 6) is 0.347. The molecule has 0 aliphatic rings. The Labute approximate surface area is 328 Å². The maximum atomic E-state index is 10.4. The highest BCUT2D eigenvalue weighted by molar-refractivity contribution is 7.91. The van der Waals surface area contributed by atoms with E-state index in [9.17, 15) is 50.4 Å². The summed E-state index contributed by atoms with van der Waals surface area (Å²) in [7, 11) is 3.17. The van der Waals surface area contributed by atoms with Crippen molar-refractivity contribution in [1.29, 1.82) is 0 Å². The predicted octanol–water partition coefficient (Wildman–Crippen LogP) is 5.35. The Morgan fingerprint density at radius 2 is 0.759 bits per heavy atom. The number of ether oxygens (including phenoxy) is 5. The molecule has 0 bridgehead atoms. The molecule has 0 rings (SSSR count). The monoisotopic (exact) mass is 831 g/mol. The summed E-state index contributed by atoms with van der Waals surface area (Å²) >= 11 is 0. The average Bonchev–Trinajstić information content (AvgIpc) is 3.12. The van der Waals surface area contributed by atoms with E-state index in [2.05, 4.69) is 37.5 Å². The van der Waals surface area contributed by atoms with Gasteiger partial charge in [0.2, 0.25) is 11.8 Å². The first-order valence-electron chi connectivity index (χ1n) is 16.9. The van der Waals surface area contributed by atoms with Crippen LogP contribution in [0.25, 0.3) is 0 Å². The second-order valence-electron chi connectivity index (χ2n) is 9.47. The van der Waals surface area contributed by atoms with E-state index < -0.39 is 25.8 Å². The van der Waals surface area contributed by atoms with E-state index >= 15 is 0 Å². The number of rotatable bonds is 7. The summed E-state index contributed by atoms with van der Waals surface area (Å²) < 4.78 is 61.4. The molecule has 1 N–H and O–H groups in total. The molecule has 0 saturated heterocycles. The molecule has 0 radical (unpaired) electrons. The maximum absolute atomic E-state index is 10.4. The average molecular weight is 832 g/mol. The predicted molar refractivity (Wildman–Crippen MR) is 215 cm³/mol. The van der Waals surface area contributed by atoms with Gasteiger partial charge >= 0.3 is 18.1 Å². The van der Waals surface area contributed by atoms with Gasteiger partial charge in [0.25, 0.3) is 0 Å². The van der Waals surface area contributed by atoms with Crippen molar-refractivity contribution in [2.24, 2.45) is 0 Å². The number of amides is 2. The number of imide groups is 1. The second-order valence-corrected chi connectivity index (χ2v) is 14.5. The molecule has 0 aromatic rings. The Hall–Kier alpha value is -3.45. The van der Waals surface area contributed by atoms with E-state index in [0.29, 0.717) is 31.5 Å². The third kappa shape index (κ3) is 168. The Bertz CT molecular complexity index is 997. The van der Waals surface area contributed by atoms with E-state index in [-0.39, 0.29) is 46.8 Å². The van der Waals surface area contributed by atoms with Gasteiger partial charge in [0.1, 0.15) is 31.2 Å². The fourth-order valence-electron chi connectivity index (χ4n) is 0.930. The summed E-state index contributed by atoms with van der Waals surface area (Å²) in [5.41, 5.74) is 0. The smallest absolute Gasteiger partial charge is 0.469 e. The molecule has 0 aromatic carbocycles. The lowest BCUT2D eigenvalue weighted by atomic mass is 10.3. The molecule has 17 nitrogen and oxygen atoms in total. The van der Waals surface area contributed by atoms with E-state index in [0.717, 1.165) is 0 Å². The highest BCUT2D eigenvalue weighted by Gasteiger charge is 1.99. The number of Topliss-reactive ketones (excluding diaryl/α,β-unsaturated/α-hetero) is 2. The Morgan fingerprint density at radius 3 is 0.759 bits per heavy atom. The Balaban J connectivity index is -0.0000000503. The van der Waals surface area contributed by atoms with Gasteiger partial charge in [0, 0.05) is 84.2 Å². The van der Waals surface area contributed by atoms with E-state index in [1.807, 2.05) is 26.1 Å². The van der Waals surface area contributed by atoms with Crippen LogP contribution in [0.3, 0.4) is 0 Å². The number of ketones is 2. The molecule has 54 heavy (non-hydrogen) atoms. The molecule has 0 spiro atoms. The van der Waals surface area contributed by atoms with Crippen molar-refractivity contribution in [1.82, 2.24) is 5.32 Å². The van der Waals surface area contributed by atoms with E-state index in [1.54, 1.807) is 48.8 Å². The first-order valence-corrected chi connectivity index (χ1v) is 20.8. The lowest BCUT2D eigenvalue weighted by Gasteiger charge is -1.89. The zero-order valence-electron chi connectivity index (χ0n) is 37.0. The maximum Gasteiger partial charge on any atom is 0.507 e. The number of sulfone groups is 2. The number of methoxy groups -OCH3 is 5. The quantitative estimate of drug-likeness (QED) is 0.251. The van der Waals surface area contributed by atoms with Gasteiger partial charge in [0.15, 0.2) is 0 Å². The molecular formula is C35H77NO16S2. The summed E-state index contributed by atoms with van der Waals surface area (Å²) in [6, 6.07) is 0. The van der Waals surface area contributed by atoms with Gasteiger partial charge in [-0.25, -0.2) is 21.6 Å². The largest absolute Gasteiger partial charge is 0.507 e. The van der Waals surface area contributed by atoms with Crippen molar-refractivity contribution in [3.05, 3.63) is 0 Å². The molecule has 2 amide bonds. The van der Waals surface area contributed by atoms with E-state index in [4.69, 9.17) is 0 Å². The first kappa shape index (κ1) is 75.5. The lowest BCUT2D eigenvalue weighted by molar-refractivity contribution is -0.140. The van der Waals surface area contributed by atoms with Crippen LogP contribution in [0.4, 0.5) is 4.79 Å². The van der Waals surface area contributed by atoms with Crippen LogP contribution in [0.1, 0.15) is 122 Å². The van der Waals surface area contributed by atoms with Crippen LogP contribution < -0.4 is 5.32 Å². The molecule has 0 aromatic heterocycles. The highest BCUT2D eigenvalue weighted by atomic mass is 32.2. The van der Waals surface area contributed by atoms with Crippen molar-refractivity contribution in [2.45, 2.75) is 122 Å². The minimum atomic E-state index is -2.66. The van der Waals surface area contributed by atoms with Gasteiger partial charge in [-0.3, -0.25) is 29.3 Å². The van der Waals surface area contributed by atoms with Crippen LogP contribution in [0.15, 0.2) is 0 Å². The van der Waals surface area contributed by atoms with Gasteiger partial charge in [-0.2, -0.15) is 0 Å². The number of nitrogens with one attached hydrogen (secondary N) is 1. The van der Waals surface area contributed by atoms with Crippen LogP contribution in [0.2, 0.25) is 0 Å². The van der Waals surface area contributed by atoms with Crippen molar-refractivity contribution in [3.8, 4) is 0 Å². The molecule has 19 heteroatoms. The zero-order chi connectivity index (χ0) is 45.9. The number of hydrogen-bond donors (Lipinski definition) is 1. The Kier molecular flexibility index (Phi) is 86.1. The van der Waals surface area contributed by atoms with Crippen LogP contribution in [0.5, 0.6) is 0 Å². The molecule has 0 aliphatic carbocycles. The zero-order valence-corrected chi connectivity index (χ0v) is 38.6. The third-order valence-corrected chi connectivity index (χ3v) is 6.99. The van der Waals surface area contributed by atoms with Gasteiger partial charge in [0.05, 0.1) is 28.4 Å². The number of esters is 2. The molecule has 330 valence electrons. The number of hydrogen-bond acceptors (Lipinski definition) is 16. The van der Waals surface area contributed by atoms with Crippen molar-refractivity contribution in [3.63, 3.8) is 0 Å². The second kappa shape index (κ2) is 61.6. The molecular weight excluding hydrogens is 755 g/mol. The standard InChI is InChI=1S/C5H10O.C4H7NO2.C4H10O2S.C4H8O2.C4H8O.C3H6O3.C3H8O2S.C3H6O2.C3H8.C2H6O/c1-3-5(6)4-2;1-3(6)5-4(2)7;1-3-7(5,6)4-2;1-3-4(5)6-2;1-3-4(2)5;1-5-3(4)6-2;1-3-6(2,4)5;1-3(4)5-2;2*1-3-2/h3-4H2,1-2H3;1-2H3,(H,5,6,7);3-4H2,1-2H3;3H2,1-2H3;3H2,1-2H3;1-2H3;3H2,1-2H3;1-2H3;3H2,1-2H3;1-2H3. The van der Waals surface area contributed by atoms with Crippen LogP contribution >= 0.6 is 0 Å². The van der Waals surface area contributed by atoms with Crippen molar-refractivity contribution in [2.75, 3.05) is 66.2 Å². The summed E-state index contributed by atoms with van der Waals surface area (Å²) in [6.07, 6.45) is 4.33. The number of carbonyl (C=O) groups is 7. The SMILES string of the molecule is CC(=O)NC(C)=O.CCC.CCC(=O)CC.CCC(=O)OC.CCC(C)=O.CCS(=O)(=O)CC.CCS(C)(=O)=O.COC.COC(=O)OC.COC(C)=O. The Morgan fingerprint density at radius 1 is 0.500 bits per heavy atom. The van der Waals surface area contributed by atoms with Crippen molar-refractivity contribution < 1.29 is 74.1 Å². The minimum Gasteiger partial charge on any atom is -0.469 e. The number of carbonyl (C=O) groups excluding carboxylic acids is 7. The van der Waals surface area contributed by atoms with Crippen LogP contribution in [-0.2, 0) is 72.1 Å². The van der Waals surface area contributed by atoms with Crippen LogP contribution in [-0.4, -0.2) is 124 Å². The summed E-state index contributed by atoms with van der Waals surface area (Å²) in [6.45, 7) is 22.1.